The lowest BCUT2D eigenvalue weighted by Crippen LogP contribution is -2.50. The van der Waals surface area contributed by atoms with Crippen LogP contribution in [0.25, 0.3) is 0 Å². The SMILES string of the molecule is COc1ccccc1OCC(=O)N1CCN(c2nc(C)cc(N3CCN(C)CC3)n2)CC1. The van der Waals surface area contributed by atoms with Gasteiger partial charge in [0.15, 0.2) is 18.1 Å². The zero-order valence-electron chi connectivity index (χ0n) is 19.2. The van der Waals surface area contributed by atoms with Crippen molar-refractivity contribution in [2.24, 2.45) is 0 Å². The normalized spacial score (nSPS) is 17.4. The number of carbonyl (C=O) groups is 1. The Bertz CT molecular complexity index is 924. The van der Waals surface area contributed by atoms with Gasteiger partial charge in [-0.2, -0.15) is 4.98 Å². The highest BCUT2D eigenvalue weighted by atomic mass is 16.5. The van der Waals surface area contributed by atoms with Gasteiger partial charge in [-0.1, -0.05) is 12.1 Å². The minimum Gasteiger partial charge on any atom is -0.493 e. The van der Waals surface area contributed by atoms with Gasteiger partial charge in [-0.3, -0.25) is 4.79 Å². The van der Waals surface area contributed by atoms with Crippen LogP contribution in [0, 0.1) is 6.92 Å². The maximum Gasteiger partial charge on any atom is 0.260 e. The molecule has 172 valence electrons. The predicted molar refractivity (Wildman–Crippen MR) is 124 cm³/mol. The highest BCUT2D eigenvalue weighted by molar-refractivity contribution is 5.78. The third-order valence-corrected chi connectivity index (χ3v) is 5.99. The van der Waals surface area contributed by atoms with Gasteiger partial charge in [0.05, 0.1) is 7.11 Å². The van der Waals surface area contributed by atoms with E-state index in [1.165, 1.54) is 0 Å². The van der Waals surface area contributed by atoms with E-state index in [-0.39, 0.29) is 12.5 Å². The van der Waals surface area contributed by atoms with Crippen LogP contribution in [0.1, 0.15) is 5.69 Å². The summed E-state index contributed by atoms with van der Waals surface area (Å²) in [5.41, 5.74) is 0.965. The minimum atomic E-state index is -0.0288. The summed E-state index contributed by atoms with van der Waals surface area (Å²) >= 11 is 0. The molecule has 3 heterocycles. The molecular weight excluding hydrogens is 408 g/mol. The summed E-state index contributed by atoms with van der Waals surface area (Å²) in [7, 11) is 3.74. The summed E-state index contributed by atoms with van der Waals surface area (Å²) in [6.07, 6.45) is 0. The molecule has 2 aliphatic rings. The van der Waals surface area contributed by atoms with Crippen LogP contribution in [-0.2, 0) is 4.79 Å². The quantitative estimate of drug-likeness (QED) is 0.665. The van der Waals surface area contributed by atoms with E-state index in [9.17, 15) is 4.79 Å². The number of piperazine rings is 2. The molecule has 0 saturated carbocycles. The van der Waals surface area contributed by atoms with Crippen LogP contribution < -0.4 is 19.3 Å². The van der Waals surface area contributed by atoms with Gasteiger partial charge in [0, 0.05) is 64.1 Å². The Kier molecular flexibility index (Phi) is 6.94. The van der Waals surface area contributed by atoms with E-state index in [0.29, 0.717) is 37.7 Å². The van der Waals surface area contributed by atoms with Crippen LogP contribution in [0.2, 0.25) is 0 Å². The number of hydrogen-bond donors (Lipinski definition) is 0. The van der Waals surface area contributed by atoms with Gasteiger partial charge in [0.1, 0.15) is 5.82 Å². The molecule has 1 aromatic carbocycles. The van der Waals surface area contributed by atoms with E-state index in [0.717, 1.165) is 43.6 Å². The number of likely N-dealkylation sites (N-methyl/N-ethyl adjacent to an activating group) is 1. The first-order chi connectivity index (χ1) is 15.5. The summed E-state index contributed by atoms with van der Waals surface area (Å²) < 4.78 is 11.0. The topological polar surface area (TPSA) is 74.3 Å². The second kappa shape index (κ2) is 10.0. The molecular formula is C23H32N6O3. The third kappa shape index (κ3) is 5.21. The molecule has 0 spiro atoms. The van der Waals surface area contributed by atoms with Crippen molar-refractivity contribution in [3.05, 3.63) is 36.0 Å². The summed E-state index contributed by atoms with van der Waals surface area (Å²) in [6, 6.07) is 9.41. The Morgan fingerprint density at radius 3 is 2.28 bits per heavy atom. The predicted octanol–water partition coefficient (Wildman–Crippen LogP) is 1.27. The zero-order valence-corrected chi connectivity index (χ0v) is 19.2. The van der Waals surface area contributed by atoms with Gasteiger partial charge in [-0.05, 0) is 26.1 Å². The average Bonchev–Trinajstić information content (AvgIpc) is 2.83. The van der Waals surface area contributed by atoms with Crippen molar-refractivity contribution >= 4 is 17.7 Å². The average molecular weight is 441 g/mol. The summed E-state index contributed by atoms with van der Waals surface area (Å²) in [6.45, 7) is 8.67. The van der Waals surface area contributed by atoms with Crippen LogP contribution in [-0.4, -0.2) is 98.8 Å². The molecule has 2 aliphatic heterocycles. The van der Waals surface area contributed by atoms with Crippen LogP contribution >= 0.6 is 0 Å². The maximum absolute atomic E-state index is 12.7. The standard InChI is InChI=1S/C23H32N6O3/c1-18-16-21(27-10-8-26(2)9-11-27)25-23(24-18)29-14-12-28(13-15-29)22(30)17-32-20-7-5-4-6-19(20)31-3/h4-7,16H,8-15,17H2,1-3H3. The number of nitrogens with zero attached hydrogens (tertiary/aromatic N) is 6. The Morgan fingerprint density at radius 1 is 0.938 bits per heavy atom. The number of aromatic nitrogens is 2. The number of ether oxygens (including phenoxy) is 2. The summed E-state index contributed by atoms with van der Waals surface area (Å²) in [5.74, 6) is 2.91. The van der Waals surface area contributed by atoms with E-state index in [4.69, 9.17) is 14.5 Å². The number of carbonyl (C=O) groups excluding carboxylic acids is 1. The number of anilines is 2. The van der Waals surface area contributed by atoms with Gasteiger partial charge in [-0.15, -0.1) is 0 Å². The number of amides is 1. The second-order valence-corrected chi connectivity index (χ2v) is 8.27. The molecule has 32 heavy (non-hydrogen) atoms. The fourth-order valence-electron chi connectivity index (χ4n) is 4.00. The van der Waals surface area contributed by atoms with Crippen molar-refractivity contribution in [2.45, 2.75) is 6.92 Å². The first-order valence-electron chi connectivity index (χ1n) is 11.1. The number of aryl methyl sites for hydroxylation is 1. The summed E-state index contributed by atoms with van der Waals surface area (Å²) in [4.78, 5) is 30.8. The molecule has 0 bridgehead atoms. The first-order valence-corrected chi connectivity index (χ1v) is 11.1. The lowest BCUT2D eigenvalue weighted by molar-refractivity contribution is -0.133. The van der Waals surface area contributed by atoms with Crippen LogP contribution in [0.4, 0.5) is 11.8 Å². The molecule has 2 fully saturated rings. The van der Waals surface area contributed by atoms with Gasteiger partial charge < -0.3 is 29.1 Å². The van der Waals surface area contributed by atoms with Gasteiger partial charge >= 0.3 is 0 Å². The van der Waals surface area contributed by atoms with Crippen molar-refractivity contribution in [1.82, 2.24) is 19.8 Å². The van der Waals surface area contributed by atoms with E-state index in [1.54, 1.807) is 13.2 Å². The minimum absolute atomic E-state index is 0.00509. The molecule has 9 nitrogen and oxygen atoms in total. The highest BCUT2D eigenvalue weighted by Crippen LogP contribution is 2.26. The molecule has 4 rings (SSSR count). The molecule has 2 saturated heterocycles. The molecule has 2 aromatic rings. The number of benzene rings is 1. The van der Waals surface area contributed by atoms with Crippen LogP contribution in [0.15, 0.2) is 30.3 Å². The number of rotatable bonds is 6. The molecule has 0 unspecified atom stereocenters. The number of hydrogen-bond acceptors (Lipinski definition) is 8. The van der Waals surface area contributed by atoms with Crippen molar-refractivity contribution in [2.75, 3.05) is 82.9 Å². The third-order valence-electron chi connectivity index (χ3n) is 5.99. The smallest absolute Gasteiger partial charge is 0.260 e. The fraction of sp³-hybridized carbons (Fsp3) is 0.522. The van der Waals surface area contributed by atoms with Crippen molar-refractivity contribution in [1.29, 1.82) is 0 Å². The Labute approximate surface area is 189 Å². The second-order valence-electron chi connectivity index (χ2n) is 8.27. The first kappa shape index (κ1) is 22.1. The Morgan fingerprint density at radius 2 is 1.59 bits per heavy atom. The Balaban J connectivity index is 1.33. The van der Waals surface area contributed by atoms with Crippen molar-refractivity contribution < 1.29 is 14.3 Å². The molecule has 0 aliphatic carbocycles. The van der Waals surface area contributed by atoms with E-state index in [2.05, 4.69) is 32.8 Å². The number of para-hydroxylation sites is 2. The van der Waals surface area contributed by atoms with E-state index >= 15 is 0 Å². The number of methoxy groups -OCH3 is 1. The van der Waals surface area contributed by atoms with Crippen molar-refractivity contribution in [3.8, 4) is 11.5 Å². The Hall–Kier alpha value is -3.07. The van der Waals surface area contributed by atoms with Gasteiger partial charge in [0.25, 0.3) is 5.91 Å². The van der Waals surface area contributed by atoms with E-state index < -0.39 is 0 Å². The van der Waals surface area contributed by atoms with Crippen LogP contribution in [0.3, 0.4) is 0 Å². The van der Waals surface area contributed by atoms with Crippen molar-refractivity contribution in [3.63, 3.8) is 0 Å². The maximum atomic E-state index is 12.7. The zero-order chi connectivity index (χ0) is 22.5. The lowest BCUT2D eigenvalue weighted by Gasteiger charge is -2.36. The molecule has 1 aromatic heterocycles. The highest BCUT2D eigenvalue weighted by Gasteiger charge is 2.24. The fourth-order valence-corrected chi connectivity index (χ4v) is 4.00. The van der Waals surface area contributed by atoms with Gasteiger partial charge in [-0.25, -0.2) is 4.98 Å². The van der Waals surface area contributed by atoms with Crippen LogP contribution in [0.5, 0.6) is 11.5 Å². The van der Waals surface area contributed by atoms with Gasteiger partial charge in [0.2, 0.25) is 5.95 Å². The largest absolute Gasteiger partial charge is 0.493 e. The lowest BCUT2D eigenvalue weighted by atomic mass is 10.3. The molecule has 1 amide bonds. The molecule has 0 radical (unpaired) electrons. The summed E-state index contributed by atoms with van der Waals surface area (Å²) in [5, 5.41) is 0. The molecule has 0 N–H and O–H groups in total. The van der Waals surface area contributed by atoms with E-state index in [1.807, 2.05) is 30.0 Å². The molecule has 0 atom stereocenters. The monoisotopic (exact) mass is 440 g/mol. The molecule has 9 heteroatoms.